The Morgan fingerprint density at radius 2 is 0.593 bits per heavy atom. The van der Waals surface area contributed by atoms with Crippen LogP contribution in [-0.4, -0.2) is 8.07 Å². The largest absolute Gasteiger partial charge is 0.121 e. The first kappa shape index (κ1) is 32.6. The fraction of sp³-hybridized carbons (Fsp3) is 0.0943. The summed E-state index contributed by atoms with van der Waals surface area (Å²) in [5, 5.41) is 8.49. The van der Waals surface area contributed by atoms with Gasteiger partial charge in [0.2, 0.25) is 0 Å². The predicted molar refractivity (Wildman–Crippen MR) is 234 cm³/mol. The molecule has 0 nitrogen and oxygen atoms in total. The Bertz CT molecular complexity index is 2510. The molecule has 10 rings (SSSR count). The monoisotopic (exact) mass is 706 g/mol. The molecule has 0 aromatic heterocycles. The second-order valence-corrected chi connectivity index (χ2v) is 19.3. The molecule has 2 aliphatic heterocycles. The minimum Gasteiger partial charge on any atom is -0.0622 e. The van der Waals surface area contributed by atoms with E-state index in [0.29, 0.717) is 0 Å². The van der Waals surface area contributed by atoms with Gasteiger partial charge in [-0.2, -0.15) is 0 Å². The van der Waals surface area contributed by atoms with E-state index in [1.165, 1.54) is 109 Å². The summed E-state index contributed by atoms with van der Waals surface area (Å²) in [6.07, 6.45) is 3.87. The van der Waals surface area contributed by atoms with Crippen LogP contribution in [0.4, 0.5) is 0 Å². The highest BCUT2D eigenvalue weighted by atomic mass is 28.3. The van der Waals surface area contributed by atoms with Gasteiger partial charge in [0.15, 0.2) is 0 Å². The molecule has 8 aromatic carbocycles. The van der Waals surface area contributed by atoms with Crippen molar-refractivity contribution in [3.63, 3.8) is 0 Å². The lowest BCUT2D eigenvalue weighted by Gasteiger charge is -2.38. The quantitative estimate of drug-likeness (QED) is 0.151. The van der Waals surface area contributed by atoms with Crippen LogP contribution >= 0.6 is 0 Å². The topological polar surface area (TPSA) is 0 Å². The van der Waals surface area contributed by atoms with E-state index in [0.717, 1.165) is 0 Å². The zero-order chi connectivity index (χ0) is 35.9. The van der Waals surface area contributed by atoms with Gasteiger partial charge in [0.1, 0.15) is 8.07 Å². The van der Waals surface area contributed by atoms with E-state index < -0.39 is 8.07 Å². The van der Waals surface area contributed by atoms with Crippen molar-refractivity contribution in [1.82, 2.24) is 0 Å². The Morgan fingerprint density at radius 3 is 1.02 bits per heavy atom. The third-order valence-corrected chi connectivity index (χ3v) is 17.5. The average molecular weight is 707 g/mol. The molecule has 0 aliphatic carbocycles. The van der Waals surface area contributed by atoms with E-state index in [2.05, 4.69) is 194 Å². The van der Waals surface area contributed by atoms with E-state index >= 15 is 0 Å². The van der Waals surface area contributed by atoms with Crippen LogP contribution in [-0.2, 0) is 0 Å². The molecule has 0 N–H and O–H groups in total. The molecular weight excluding hydrogens is 665 g/mol. The van der Waals surface area contributed by atoms with Crippen LogP contribution in [0.3, 0.4) is 0 Å². The molecule has 1 saturated heterocycles. The van der Waals surface area contributed by atoms with Gasteiger partial charge in [-0.25, -0.2) is 0 Å². The highest BCUT2D eigenvalue weighted by Gasteiger charge is 2.50. The number of benzene rings is 8. The Labute approximate surface area is 319 Å². The molecule has 1 spiro atoms. The van der Waals surface area contributed by atoms with Gasteiger partial charge in [-0.1, -0.05) is 201 Å². The van der Waals surface area contributed by atoms with Crippen LogP contribution < -0.4 is 0 Å². The van der Waals surface area contributed by atoms with Crippen LogP contribution in [0.25, 0.3) is 65.3 Å². The molecule has 0 amide bonds. The fourth-order valence-electron chi connectivity index (χ4n) is 9.54. The summed E-state index contributed by atoms with van der Waals surface area (Å²) in [7, 11) is -2.32. The van der Waals surface area contributed by atoms with Gasteiger partial charge >= 0.3 is 0 Å². The van der Waals surface area contributed by atoms with Crippen molar-refractivity contribution in [3.8, 4) is 22.3 Å². The van der Waals surface area contributed by atoms with Crippen molar-refractivity contribution >= 4 is 51.2 Å². The van der Waals surface area contributed by atoms with Crippen LogP contribution in [0.2, 0.25) is 12.1 Å². The lowest BCUT2D eigenvalue weighted by molar-refractivity contribution is 0.722. The maximum absolute atomic E-state index is 2.51. The summed E-state index contributed by atoms with van der Waals surface area (Å²) in [4.78, 5) is 0. The van der Waals surface area contributed by atoms with Crippen LogP contribution in [0, 0.1) is 0 Å². The minimum atomic E-state index is -2.32. The van der Waals surface area contributed by atoms with Gasteiger partial charge in [0.05, 0.1) is 0 Å². The molecule has 0 unspecified atom stereocenters. The lowest BCUT2D eigenvalue weighted by atomic mass is 9.87. The maximum atomic E-state index is 2.51. The van der Waals surface area contributed by atoms with Crippen molar-refractivity contribution in [2.24, 2.45) is 0 Å². The zero-order valence-electron chi connectivity index (χ0n) is 30.5. The first-order valence-corrected chi connectivity index (χ1v) is 22.0. The van der Waals surface area contributed by atoms with E-state index in [-0.39, 0.29) is 0 Å². The summed E-state index contributed by atoms with van der Waals surface area (Å²) in [5.74, 6) is 0. The van der Waals surface area contributed by atoms with Crippen molar-refractivity contribution in [1.29, 1.82) is 0 Å². The molecule has 54 heavy (non-hydrogen) atoms. The standard InChI is InChI=1S/C53H42Si/c1-4-14-38(15-5-1)42-22-28-44(29-23-42)50-51(45-30-24-43(25-31-45)39-16-6-2-7-17-39)53(49-33-27-41-19-9-11-21-47(41)37-49)54(34-12-3-13-35-54)52(50)48-32-26-40-18-8-10-20-46(40)36-48/h1-2,4-11,14-33,36-37H,3,12-13,34-35H2. The molecule has 0 bridgehead atoms. The molecule has 2 aliphatic rings. The zero-order valence-corrected chi connectivity index (χ0v) is 31.5. The number of hydrogen-bond acceptors (Lipinski definition) is 0. The average Bonchev–Trinajstić information content (AvgIpc) is 3.53. The third kappa shape index (κ3) is 5.68. The second kappa shape index (κ2) is 13.8. The Hall–Kier alpha value is -6.02. The lowest BCUT2D eigenvalue weighted by Crippen LogP contribution is -2.38. The second-order valence-electron chi connectivity index (χ2n) is 15.2. The highest BCUT2D eigenvalue weighted by molar-refractivity contribution is 7.14. The Morgan fingerprint density at radius 1 is 0.259 bits per heavy atom. The molecule has 0 saturated carbocycles. The van der Waals surface area contributed by atoms with Crippen LogP contribution in [0.15, 0.2) is 194 Å². The fourth-order valence-corrected chi connectivity index (χ4v) is 15.7. The van der Waals surface area contributed by atoms with Crippen LogP contribution in [0.1, 0.15) is 41.5 Å². The van der Waals surface area contributed by atoms with E-state index in [1.807, 2.05) is 0 Å². The van der Waals surface area contributed by atoms with Gasteiger partial charge in [0, 0.05) is 0 Å². The van der Waals surface area contributed by atoms with Crippen molar-refractivity contribution < 1.29 is 0 Å². The maximum Gasteiger partial charge on any atom is 0.121 e. The van der Waals surface area contributed by atoms with Gasteiger partial charge in [-0.15, -0.1) is 0 Å². The number of rotatable bonds is 6. The van der Waals surface area contributed by atoms with Crippen LogP contribution in [0.5, 0.6) is 0 Å². The molecule has 8 aromatic rings. The Balaban J connectivity index is 1.29. The summed E-state index contributed by atoms with van der Waals surface area (Å²) in [6, 6.07) is 75.5. The summed E-state index contributed by atoms with van der Waals surface area (Å²) >= 11 is 0. The highest BCUT2D eigenvalue weighted by Crippen LogP contribution is 2.60. The van der Waals surface area contributed by atoms with Crippen molar-refractivity contribution in [2.45, 2.75) is 31.4 Å². The smallest absolute Gasteiger partial charge is 0.0622 e. The molecule has 258 valence electrons. The normalized spacial score (nSPS) is 15.4. The van der Waals surface area contributed by atoms with Gasteiger partial charge in [-0.3, -0.25) is 0 Å². The SMILES string of the molecule is c1ccc(-c2ccc(C3=C(c4ccc5ccccc5c4)[Si]4(CCCCC4)C(c4ccc5ccccc5c4)=C3c3ccc(-c4ccccc4)cc3)cc2)cc1. The molecule has 0 radical (unpaired) electrons. The number of hydrogen-bond donors (Lipinski definition) is 0. The third-order valence-electron chi connectivity index (χ3n) is 12.1. The van der Waals surface area contributed by atoms with Gasteiger partial charge in [0.25, 0.3) is 0 Å². The molecular formula is C53H42Si. The van der Waals surface area contributed by atoms with Crippen molar-refractivity contribution in [3.05, 3.63) is 216 Å². The number of allylic oxidation sites excluding steroid dienone is 2. The van der Waals surface area contributed by atoms with E-state index in [1.54, 1.807) is 10.4 Å². The first-order chi connectivity index (χ1) is 26.7. The molecule has 1 heteroatoms. The van der Waals surface area contributed by atoms with E-state index in [9.17, 15) is 0 Å². The van der Waals surface area contributed by atoms with Gasteiger partial charge < -0.3 is 0 Å². The van der Waals surface area contributed by atoms with E-state index in [4.69, 9.17) is 0 Å². The van der Waals surface area contributed by atoms with Gasteiger partial charge in [-0.05, 0) is 112 Å². The molecule has 2 heterocycles. The predicted octanol–water partition coefficient (Wildman–Crippen LogP) is 14.6. The minimum absolute atomic E-state index is 1.25. The Kier molecular flexibility index (Phi) is 8.31. The molecule has 0 atom stereocenters. The summed E-state index contributed by atoms with van der Waals surface area (Å²) in [6.45, 7) is 0. The number of fused-ring (bicyclic) bond motifs is 2. The first-order valence-electron chi connectivity index (χ1n) is 19.6. The summed E-state index contributed by atoms with van der Waals surface area (Å²) in [5.41, 5.74) is 13.3. The van der Waals surface area contributed by atoms with Crippen molar-refractivity contribution in [2.75, 3.05) is 0 Å². The molecule has 1 fully saturated rings. The summed E-state index contributed by atoms with van der Waals surface area (Å²) < 4.78 is 0.